The number of rotatable bonds is 8. The number of aromatic nitrogens is 1. The van der Waals surface area contributed by atoms with Crippen molar-refractivity contribution >= 4 is 11.7 Å². The van der Waals surface area contributed by atoms with Gasteiger partial charge in [0.15, 0.2) is 0 Å². The van der Waals surface area contributed by atoms with E-state index in [-0.39, 0.29) is 46.3 Å². The predicted molar refractivity (Wildman–Crippen MR) is 145 cm³/mol. The summed E-state index contributed by atoms with van der Waals surface area (Å²) in [5.74, 6) is -1.02. The van der Waals surface area contributed by atoms with E-state index in [4.69, 9.17) is 4.52 Å². The number of carboxylic acid groups (broad SMARTS) is 1. The highest BCUT2D eigenvalue weighted by atomic mass is 19.4. The van der Waals surface area contributed by atoms with E-state index in [1.165, 1.54) is 18.2 Å². The molecular formula is C31H31F4N3O4. The van der Waals surface area contributed by atoms with E-state index < -0.39 is 18.1 Å². The molecule has 4 fully saturated rings. The van der Waals surface area contributed by atoms with Crippen LogP contribution < -0.4 is 15.0 Å². The van der Waals surface area contributed by atoms with Gasteiger partial charge in [-0.1, -0.05) is 17.3 Å². The number of aromatic carboxylic acids is 1. The maximum absolute atomic E-state index is 14.2. The number of para-hydroxylation sites is 1. The molecule has 3 aromatic rings. The maximum Gasteiger partial charge on any atom is 0.573 e. The molecule has 7 nitrogen and oxygen atoms in total. The first kappa shape index (κ1) is 27.2. The molecule has 7 rings (SSSR count). The van der Waals surface area contributed by atoms with Gasteiger partial charge in [-0.15, -0.1) is 13.2 Å². The zero-order valence-electron chi connectivity index (χ0n) is 22.8. The molecule has 2 aliphatic heterocycles. The fraction of sp³-hybridized carbons (Fsp3) is 0.484. The van der Waals surface area contributed by atoms with Gasteiger partial charge in [-0.25, -0.2) is 9.18 Å². The highest BCUT2D eigenvalue weighted by molar-refractivity contribution is 5.89. The summed E-state index contributed by atoms with van der Waals surface area (Å²) >= 11 is 0. The lowest BCUT2D eigenvalue weighted by Crippen LogP contribution is -2.57. The topological polar surface area (TPSA) is 87.8 Å². The highest BCUT2D eigenvalue weighted by Crippen LogP contribution is 2.57. The number of fused-ring (bicyclic) bond motifs is 2. The number of hydrogen-bond acceptors (Lipinski definition) is 6. The van der Waals surface area contributed by atoms with Gasteiger partial charge in [-0.05, 0) is 87.1 Å². The first-order chi connectivity index (χ1) is 20.1. The lowest BCUT2D eigenvalue weighted by atomic mass is 9.58. The van der Waals surface area contributed by atoms with Crippen LogP contribution in [-0.2, 0) is 6.54 Å². The molecule has 2 atom stereocenters. The van der Waals surface area contributed by atoms with E-state index in [9.17, 15) is 27.5 Å². The highest BCUT2D eigenvalue weighted by Gasteiger charge is 2.54. The largest absolute Gasteiger partial charge is 0.573 e. The fourth-order valence-corrected chi connectivity index (χ4v) is 7.67. The van der Waals surface area contributed by atoms with Gasteiger partial charge in [-0.2, -0.15) is 0 Å². The molecule has 11 heteroatoms. The number of carbonyl (C=O) groups is 1. The summed E-state index contributed by atoms with van der Waals surface area (Å²) in [6.07, 6.45) is 2.99. The van der Waals surface area contributed by atoms with Crippen LogP contribution in [0.25, 0.3) is 11.3 Å². The number of anilines is 1. The quantitative estimate of drug-likeness (QED) is 0.275. The summed E-state index contributed by atoms with van der Waals surface area (Å²) in [6, 6.07) is 10.8. The van der Waals surface area contributed by atoms with Crippen LogP contribution in [0.1, 0.15) is 79.0 Å². The molecular weight excluding hydrogens is 554 g/mol. The minimum atomic E-state index is -4.82. The molecule has 0 amide bonds. The Morgan fingerprint density at radius 1 is 1.07 bits per heavy atom. The molecule has 2 aromatic carbocycles. The van der Waals surface area contributed by atoms with Crippen molar-refractivity contribution in [3.63, 3.8) is 0 Å². The molecule has 42 heavy (non-hydrogen) atoms. The van der Waals surface area contributed by atoms with Crippen molar-refractivity contribution in [2.75, 3.05) is 4.90 Å². The Hall–Kier alpha value is -3.60. The Kier molecular flexibility index (Phi) is 6.49. The number of ether oxygens (including phenoxy) is 1. The molecule has 2 unspecified atom stereocenters. The number of carboxylic acids is 1. The van der Waals surface area contributed by atoms with E-state index in [0.29, 0.717) is 17.9 Å². The summed E-state index contributed by atoms with van der Waals surface area (Å²) in [6.45, 7) is 0.437. The van der Waals surface area contributed by atoms with Gasteiger partial charge < -0.3 is 24.6 Å². The monoisotopic (exact) mass is 585 g/mol. The minimum Gasteiger partial charge on any atom is -0.478 e. The number of benzene rings is 2. The molecule has 3 heterocycles. The van der Waals surface area contributed by atoms with Crippen LogP contribution in [0, 0.1) is 11.2 Å². The van der Waals surface area contributed by atoms with Crippen molar-refractivity contribution in [3.05, 3.63) is 65.2 Å². The Morgan fingerprint density at radius 2 is 1.79 bits per heavy atom. The van der Waals surface area contributed by atoms with Gasteiger partial charge in [0.1, 0.15) is 23.0 Å². The standard InChI is InChI=1S/C31H31F4N3O4/c32-19-9-18(29(39)40)10-23(11-19)38-21-7-8-22(38)15-30(14-21)12-20(13-30)36-16-25-27(37-42-28(25)17-5-6-17)24-3-1-2-4-26(24)41-31(33,34)35/h1-4,9-11,17,20-22,36H,5-8,12-16H2,(H,39,40). The van der Waals surface area contributed by atoms with Gasteiger partial charge in [0.05, 0.1) is 5.56 Å². The van der Waals surface area contributed by atoms with Crippen molar-refractivity contribution in [2.45, 2.75) is 88.3 Å². The average molecular weight is 586 g/mol. The molecule has 2 aliphatic carbocycles. The number of alkyl halides is 3. The van der Waals surface area contributed by atoms with Gasteiger partial charge in [0.25, 0.3) is 0 Å². The van der Waals surface area contributed by atoms with Crippen molar-refractivity contribution < 1.29 is 36.7 Å². The SMILES string of the molecule is O=C(O)c1cc(F)cc(N2C3CCC2CC2(CC(NCc4c(-c5ccccc5OC(F)(F)F)noc4C4CC4)C2)C3)c1. The zero-order chi connectivity index (χ0) is 29.2. The molecule has 1 aromatic heterocycles. The first-order valence-electron chi connectivity index (χ1n) is 14.5. The summed E-state index contributed by atoms with van der Waals surface area (Å²) in [7, 11) is 0. The third-order valence-corrected chi connectivity index (χ3v) is 9.45. The summed E-state index contributed by atoms with van der Waals surface area (Å²) in [4.78, 5) is 13.7. The number of halogens is 4. The first-order valence-corrected chi connectivity index (χ1v) is 14.5. The van der Waals surface area contributed by atoms with Gasteiger partial charge in [0.2, 0.25) is 0 Å². The third kappa shape index (κ3) is 5.12. The molecule has 2 N–H and O–H groups in total. The number of nitrogens with one attached hydrogen (secondary N) is 1. The van der Waals surface area contributed by atoms with Crippen molar-refractivity contribution in [1.29, 1.82) is 0 Å². The van der Waals surface area contributed by atoms with Crippen LogP contribution in [0.2, 0.25) is 0 Å². The Morgan fingerprint density at radius 3 is 2.45 bits per heavy atom. The van der Waals surface area contributed by atoms with E-state index >= 15 is 0 Å². The molecule has 1 spiro atoms. The van der Waals surface area contributed by atoms with E-state index in [2.05, 4.69) is 20.1 Å². The second-order valence-electron chi connectivity index (χ2n) is 12.4. The van der Waals surface area contributed by atoms with Crippen LogP contribution in [0.15, 0.2) is 47.0 Å². The zero-order valence-corrected chi connectivity index (χ0v) is 22.8. The average Bonchev–Trinajstić information content (AvgIpc) is 3.61. The molecule has 4 aliphatic rings. The van der Waals surface area contributed by atoms with Crippen LogP contribution in [0.4, 0.5) is 23.2 Å². The van der Waals surface area contributed by atoms with Crippen LogP contribution in [0.3, 0.4) is 0 Å². The molecule has 0 radical (unpaired) electrons. The van der Waals surface area contributed by atoms with Crippen molar-refractivity contribution in [1.82, 2.24) is 10.5 Å². The Labute approximate surface area is 239 Å². The molecule has 222 valence electrons. The summed E-state index contributed by atoms with van der Waals surface area (Å²) in [5.41, 5.74) is 2.19. The number of nitrogens with zero attached hydrogens (tertiary/aromatic N) is 2. The Bertz CT molecular complexity index is 1500. The van der Waals surface area contributed by atoms with E-state index in [0.717, 1.165) is 68.8 Å². The van der Waals surface area contributed by atoms with Crippen LogP contribution >= 0.6 is 0 Å². The summed E-state index contributed by atoms with van der Waals surface area (Å²) < 4.78 is 63.5. The Balaban J connectivity index is 1.04. The normalized spacial score (nSPS) is 26.9. The third-order valence-electron chi connectivity index (χ3n) is 9.45. The van der Waals surface area contributed by atoms with Gasteiger partial charge >= 0.3 is 12.3 Å². The predicted octanol–water partition coefficient (Wildman–Crippen LogP) is 7.02. The van der Waals surface area contributed by atoms with E-state index in [1.807, 2.05) is 0 Å². The lowest BCUT2D eigenvalue weighted by Gasteiger charge is -2.56. The molecule has 2 bridgehead atoms. The minimum absolute atomic E-state index is 0.0381. The molecule has 2 saturated carbocycles. The number of hydrogen-bond donors (Lipinski definition) is 2. The van der Waals surface area contributed by atoms with E-state index in [1.54, 1.807) is 18.2 Å². The van der Waals surface area contributed by atoms with Crippen LogP contribution in [-0.4, -0.2) is 40.7 Å². The fourth-order valence-electron chi connectivity index (χ4n) is 7.67. The summed E-state index contributed by atoms with van der Waals surface area (Å²) in [5, 5.41) is 17.2. The van der Waals surface area contributed by atoms with Crippen LogP contribution in [0.5, 0.6) is 5.75 Å². The molecule has 2 saturated heterocycles. The second-order valence-corrected chi connectivity index (χ2v) is 12.4. The second kappa shape index (κ2) is 10.00. The lowest BCUT2D eigenvalue weighted by molar-refractivity contribution is -0.274. The maximum atomic E-state index is 14.2. The van der Waals surface area contributed by atoms with Crippen molar-refractivity contribution in [2.24, 2.45) is 5.41 Å². The van der Waals surface area contributed by atoms with Gasteiger partial charge in [0, 0.05) is 47.4 Å². The number of piperidine rings is 1. The van der Waals surface area contributed by atoms with Gasteiger partial charge in [-0.3, -0.25) is 0 Å². The smallest absolute Gasteiger partial charge is 0.478 e. The van der Waals surface area contributed by atoms with Crippen molar-refractivity contribution in [3.8, 4) is 17.0 Å².